The molecule has 0 bridgehead atoms. The number of anilines is 1. The third-order valence-electron chi connectivity index (χ3n) is 5.94. The minimum absolute atomic E-state index is 0.0688. The van der Waals surface area contributed by atoms with Gasteiger partial charge in [0.05, 0.1) is 12.0 Å². The highest BCUT2D eigenvalue weighted by atomic mass is 79.9. The molecular weight excluding hydrogens is 448 g/mol. The minimum atomic E-state index is -0.646. The van der Waals surface area contributed by atoms with Gasteiger partial charge in [-0.25, -0.2) is 0 Å². The molecule has 1 heterocycles. The van der Waals surface area contributed by atoms with E-state index in [1.165, 1.54) is 0 Å². The zero-order chi connectivity index (χ0) is 21.1. The Morgan fingerprint density at radius 1 is 1.03 bits per heavy atom. The van der Waals surface area contributed by atoms with Crippen LogP contribution in [0.15, 0.2) is 40.9 Å². The molecule has 6 nitrogen and oxygen atoms in total. The molecule has 2 aromatic rings. The van der Waals surface area contributed by atoms with Gasteiger partial charge in [-0.05, 0) is 61.2 Å². The van der Waals surface area contributed by atoms with Crippen LogP contribution in [-0.2, 0) is 15.0 Å². The first kappa shape index (κ1) is 20.7. The maximum Gasteiger partial charge on any atom is 0.243 e. The molecule has 2 aromatic carbocycles. The molecule has 7 heteroatoms. The van der Waals surface area contributed by atoms with Crippen LogP contribution in [0.3, 0.4) is 0 Å². The highest BCUT2D eigenvalue weighted by Gasteiger charge is 2.41. The lowest BCUT2D eigenvalue weighted by Crippen LogP contribution is -2.47. The number of halogens is 1. The average Bonchev–Trinajstić information content (AvgIpc) is 3.22. The second kappa shape index (κ2) is 8.68. The van der Waals surface area contributed by atoms with E-state index >= 15 is 0 Å². The summed E-state index contributed by atoms with van der Waals surface area (Å²) in [6, 6.07) is 11.4. The van der Waals surface area contributed by atoms with Crippen LogP contribution in [0.1, 0.15) is 43.2 Å². The fraction of sp³-hybridized carbons (Fsp3) is 0.391. The smallest absolute Gasteiger partial charge is 0.243 e. The highest BCUT2D eigenvalue weighted by Crippen LogP contribution is 2.43. The summed E-state index contributed by atoms with van der Waals surface area (Å²) in [6.45, 7) is 2.06. The molecule has 2 amide bonds. The zero-order valence-electron chi connectivity index (χ0n) is 16.9. The van der Waals surface area contributed by atoms with Crippen LogP contribution in [0.2, 0.25) is 0 Å². The quantitative estimate of drug-likeness (QED) is 0.673. The first-order chi connectivity index (χ1) is 14.5. The van der Waals surface area contributed by atoms with Crippen molar-refractivity contribution in [2.75, 3.05) is 18.7 Å². The molecule has 1 aliphatic heterocycles. The summed E-state index contributed by atoms with van der Waals surface area (Å²) in [6.07, 6.45) is 4.58. The standard InChI is InChI=1S/C23H25BrN2O4/c1-15-11-17(24)6-7-18(15)26-21(27)13-25-22(28)23(9-3-2-4-10-23)16-5-8-19-20(12-16)30-14-29-19/h5-8,11-12H,2-4,9-10,13-14H2,1H3,(H,25,28)(H,26,27). The van der Waals surface area contributed by atoms with Crippen LogP contribution in [0.5, 0.6) is 11.5 Å². The molecule has 0 spiro atoms. The second-order valence-electron chi connectivity index (χ2n) is 7.90. The number of aryl methyl sites for hydroxylation is 1. The number of carbonyl (C=O) groups excluding carboxylic acids is 2. The molecule has 2 N–H and O–H groups in total. The van der Waals surface area contributed by atoms with Gasteiger partial charge in [0.15, 0.2) is 11.5 Å². The average molecular weight is 473 g/mol. The van der Waals surface area contributed by atoms with E-state index in [9.17, 15) is 9.59 Å². The molecule has 4 rings (SSSR count). The Bertz CT molecular complexity index is 970. The van der Waals surface area contributed by atoms with Crippen LogP contribution in [0.4, 0.5) is 5.69 Å². The van der Waals surface area contributed by atoms with Crippen molar-refractivity contribution in [2.24, 2.45) is 0 Å². The van der Waals surface area contributed by atoms with Crippen molar-refractivity contribution >= 4 is 33.4 Å². The molecule has 158 valence electrons. The number of fused-ring (bicyclic) bond motifs is 1. The number of amides is 2. The molecule has 1 fully saturated rings. The Labute approximate surface area is 184 Å². The van der Waals surface area contributed by atoms with Gasteiger partial charge in [0.25, 0.3) is 0 Å². The maximum absolute atomic E-state index is 13.3. The summed E-state index contributed by atoms with van der Waals surface area (Å²) in [4.78, 5) is 25.8. The lowest BCUT2D eigenvalue weighted by Gasteiger charge is -2.36. The Balaban J connectivity index is 1.47. The van der Waals surface area contributed by atoms with E-state index in [2.05, 4.69) is 26.6 Å². The highest BCUT2D eigenvalue weighted by molar-refractivity contribution is 9.10. The molecule has 0 saturated heterocycles. The molecule has 1 saturated carbocycles. The minimum Gasteiger partial charge on any atom is -0.454 e. The lowest BCUT2D eigenvalue weighted by atomic mass is 9.68. The number of ether oxygens (including phenoxy) is 2. The number of nitrogens with one attached hydrogen (secondary N) is 2. The van der Waals surface area contributed by atoms with E-state index in [0.29, 0.717) is 11.5 Å². The third kappa shape index (κ3) is 4.17. The monoisotopic (exact) mass is 472 g/mol. The zero-order valence-corrected chi connectivity index (χ0v) is 18.5. The molecule has 0 radical (unpaired) electrons. The van der Waals surface area contributed by atoms with Crippen LogP contribution in [-0.4, -0.2) is 25.2 Å². The number of benzene rings is 2. The van der Waals surface area contributed by atoms with Crippen molar-refractivity contribution in [1.29, 1.82) is 0 Å². The van der Waals surface area contributed by atoms with Gasteiger partial charge in [0.2, 0.25) is 18.6 Å². The first-order valence-electron chi connectivity index (χ1n) is 10.2. The van der Waals surface area contributed by atoms with Crippen molar-refractivity contribution in [2.45, 2.75) is 44.4 Å². The van der Waals surface area contributed by atoms with Crippen LogP contribution in [0, 0.1) is 6.92 Å². The second-order valence-corrected chi connectivity index (χ2v) is 8.82. The van der Waals surface area contributed by atoms with Gasteiger partial charge < -0.3 is 20.1 Å². The Morgan fingerprint density at radius 3 is 2.57 bits per heavy atom. The van der Waals surface area contributed by atoms with Crippen molar-refractivity contribution in [3.8, 4) is 11.5 Å². The van der Waals surface area contributed by atoms with E-state index in [-0.39, 0.29) is 25.2 Å². The van der Waals surface area contributed by atoms with Gasteiger partial charge in [0, 0.05) is 10.2 Å². The van der Waals surface area contributed by atoms with Gasteiger partial charge >= 0.3 is 0 Å². The predicted molar refractivity (Wildman–Crippen MR) is 118 cm³/mol. The summed E-state index contributed by atoms with van der Waals surface area (Å²) >= 11 is 3.42. The molecule has 30 heavy (non-hydrogen) atoms. The van der Waals surface area contributed by atoms with E-state index in [4.69, 9.17) is 9.47 Å². The van der Waals surface area contributed by atoms with Crippen molar-refractivity contribution < 1.29 is 19.1 Å². The van der Waals surface area contributed by atoms with Gasteiger partial charge in [-0.3, -0.25) is 9.59 Å². The van der Waals surface area contributed by atoms with Gasteiger partial charge in [-0.15, -0.1) is 0 Å². The topological polar surface area (TPSA) is 76.7 Å². The number of hydrogen-bond acceptors (Lipinski definition) is 4. The molecule has 1 aliphatic carbocycles. The van der Waals surface area contributed by atoms with E-state index < -0.39 is 5.41 Å². The van der Waals surface area contributed by atoms with E-state index in [1.54, 1.807) is 0 Å². The summed E-state index contributed by atoms with van der Waals surface area (Å²) in [5, 5.41) is 5.75. The normalized spacial score (nSPS) is 16.7. The van der Waals surface area contributed by atoms with Crippen LogP contribution >= 0.6 is 15.9 Å². The summed E-state index contributed by atoms with van der Waals surface area (Å²) in [5.41, 5.74) is 1.97. The fourth-order valence-corrected chi connectivity index (χ4v) is 4.76. The third-order valence-corrected chi connectivity index (χ3v) is 6.43. The van der Waals surface area contributed by atoms with Gasteiger partial charge in [-0.1, -0.05) is 41.3 Å². The number of carbonyl (C=O) groups is 2. The van der Waals surface area contributed by atoms with Gasteiger partial charge in [-0.2, -0.15) is 0 Å². The maximum atomic E-state index is 13.3. The number of hydrogen-bond donors (Lipinski definition) is 2. The molecule has 2 aliphatic rings. The van der Waals surface area contributed by atoms with Crippen molar-refractivity contribution in [3.05, 3.63) is 52.0 Å². The van der Waals surface area contributed by atoms with Crippen molar-refractivity contribution in [1.82, 2.24) is 5.32 Å². The molecule has 0 atom stereocenters. The Morgan fingerprint density at radius 2 is 1.80 bits per heavy atom. The van der Waals surface area contributed by atoms with Gasteiger partial charge in [0.1, 0.15) is 0 Å². The Kier molecular flexibility index (Phi) is 5.99. The Hall–Kier alpha value is -2.54. The largest absolute Gasteiger partial charge is 0.454 e. The van der Waals surface area contributed by atoms with Crippen molar-refractivity contribution in [3.63, 3.8) is 0 Å². The SMILES string of the molecule is Cc1cc(Br)ccc1NC(=O)CNC(=O)C1(c2ccc3c(c2)OCO3)CCCCC1. The fourth-order valence-electron chi connectivity index (χ4n) is 4.29. The van der Waals surface area contributed by atoms with E-state index in [1.807, 2.05) is 43.3 Å². The summed E-state index contributed by atoms with van der Waals surface area (Å²) in [7, 11) is 0. The van der Waals surface area contributed by atoms with Crippen LogP contribution in [0.25, 0.3) is 0 Å². The molecule has 0 aromatic heterocycles. The molecule has 0 unspecified atom stereocenters. The lowest BCUT2D eigenvalue weighted by molar-refractivity contribution is -0.129. The van der Waals surface area contributed by atoms with E-state index in [0.717, 1.165) is 53.4 Å². The number of rotatable bonds is 5. The predicted octanol–water partition coefficient (Wildman–Crippen LogP) is 4.44. The summed E-state index contributed by atoms with van der Waals surface area (Å²) < 4.78 is 11.9. The first-order valence-corrected chi connectivity index (χ1v) is 11.0. The van der Waals surface area contributed by atoms with Crippen LogP contribution < -0.4 is 20.1 Å². The molecular formula is C23H25BrN2O4. The summed E-state index contributed by atoms with van der Waals surface area (Å²) in [5.74, 6) is 1.03.